The normalized spacial score (nSPS) is 17.4. The Kier molecular flexibility index (Phi) is 4.60. The Morgan fingerprint density at radius 1 is 1.33 bits per heavy atom. The van der Waals surface area contributed by atoms with Gasteiger partial charge in [-0.1, -0.05) is 23.5 Å². The van der Waals surface area contributed by atoms with Gasteiger partial charge in [0.15, 0.2) is 5.13 Å². The number of benzene rings is 1. The van der Waals surface area contributed by atoms with Crippen LogP contribution in [0, 0.1) is 0 Å². The Balaban J connectivity index is 1.62. The zero-order valence-corrected chi connectivity index (χ0v) is 14.8. The first-order valence-electron chi connectivity index (χ1n) is 8.08. The molecular weight excluding hydrogens is 340 g/mol. The van der Waals surface area contributed by atoms with Crippen LogP contribution >= 0.6 is 22.7 Å². The van der Waals surface area contributed by atoms with Gasteiger partial charge < -0.3 is 4.74 Å². The second-order valence-electron chi connectivity index (χ2n) is 5.91. The van der Waals surface area contributed by atoms with Crippen molar-refractivity contribution >= 4 is 43.9 Å². The van der Waals surface area contributed by atoms with Crippen molar-refractivity contribution in [3.8, 4) is 0 Å². The van der Waals surface area contributed by atoms with Gasteiger partial charge in [-0.2, -0.15) is 11.3 Å². The molecule has 0 spiro atoms. The van der Waals surface area contributed by atoms with E-state index in [1.54, 1.807) is 22.7 Å². The quantitative estimate of drug-likeness (QED) is 0.689. The molecule has 0 bridgehead atoms. The van der Waals surface area contributed by atoms with Crippen LogP contribution < -0.4 is 4.90 Å². The van der Waals surface area contributed by atoms with Crippen LogP contribution in [0.4, 0.5) is 5.13 Å². The summed E-state index contributed by atoms with van der Waals surface area (Å²) >= 11 is 3.19. The van der Waals surface area contributed by atoms with E-state index in [4.69, 9.17) is 4.74 Å². The van der Waals surface area contributed by atoms with Crippen molar-refractivity contribution in [1.82, 2.24) is 4.98 Å². The molecule has 0 saturated carbocycles. The molecule has 1 saturated heterocycles. The Bertz CT molecular complexity index is 790. The van der Waals surface area contributed by atoms with E-state index in [1.807, 2.05) is 46.0 Å². The van der Waals surface area contributed by atoms with Crippen molar-refractivity contribution in [2.24, 2.45) is 0 Å². The van der Waals surface area contributed by atoms with Crippen LogP contribution in [0.2, 0.25) is 0 Å². The van der Waals surface area contributed by atoms with Gasteiger partial charge in [0.1, 0.15) is 0 Å². The lowest BCUT2D eigenvalue weighted by molar-refractivity contribution is -0.118. The van der Waals surface area contributed by atoms with Crippen LogP contribution in [0.25, 0.3) is 10.2 Å². The lowest BCUT2D eigenvalue weighted by Crippen LogP contribution is -2.38. The van der Waals surface area contributed by atoms with Gasteiger partial charge in [-0.3, -0.25) is 9.69 Å². The summed E-state index contributed by atoms with van der Waals surface area (Å²) in [7, 11) is 0. The molecule has 3 aromatic rings. The Hall–Kier alpha value is -1.76. The molecule has 0 aliphatic carbocycles. The van der Waals surface area contributed by atoms with Crippen molar-refractivity contribution in [3.63, 3.8) is 0 Å². The number of aromatic nitrogens is 1. The van der Waals surface area contributed by atoms with Crippen molar-refractivity contribution in [3.05, 3.63) is 46.7 Å². The van der Waals surface area contributed by atoms with Gasteiger partial charge in [-0.15, -0.1) is 0 Å². The number of hydrogen-bond donors (Lipinski definition) is 0. The molecule has 1 aliphatic rings. The number of nitrogens with zero attached hydrogens (tertiary/aromatic N) is 2. The van der Waals surface area contributed by atoms with Crippen LogP contribution in [0.3, 0.4) is 0 Å². The third kappa shape index (κ3) is 3.36. The van der Waals surface area contributed by atoms with E-state index in [9.17, 15) is 4.79 Å². The van der Waals surface area contributed by atoms with E-state index in [0.29, 0.717) is 13.0 Å². The molecule has 124 valence electrons. The maximum absolute atomic E-state index is 12.9. The molecule has 4 rings (SSSR count). The average molecular weight is 358 g/mol. The number of rotatable bonds is 5. The predicted octanol–water partition coefficient (Wildman–Crippen LogP) is 4.11. The topological polar surface area (TPSA) is 42.4 Å². The minimum Gasteiger partial charge on any atom is -0.376 e. The molecule has 24 heavy (non-hydrogen) atoms. The second kappa shape index (κ2) is 7.01. The molecule has 1 unspecified atom stereocenters. The molecule has 0 radical (unpaired) electrons. The van der Waals surface area contributed by atoms with Gasteiger partial charge in [0.2, 0.25) is 5.91 Å². The largest absolute Gasteiger partial charge is 0.376 e. The van der Waals surface area contributed by atoms with Crippen LogP contribution in [0.15, 0.2) is 41.1 Å². The molecule has 1 atom stereocenters. The van der Waals surface area contributed by atoms with Crippen molar-refractivity contribution < 1.29 is 9.53 Å². The van der Waals surface area contributed by atoms with Gasteiger partial charge in [-0.05, 0) is 47.4 Å². The van der Waals surface area contributed by atoms with Crippen LogP contribution in [0.1, 0.15) is 18.4 Å². The van der Waals surface area contributed by atoms with Crippen molar-refractivity contribution in [1.29, 1.82) is 0 Å². The number of anilines is 1. The molecule has 6 heteroatoms. The first-order chi connectivity index (χ1) is 11.8. The number of thiophene rings is 1. The Morgan fingerprint density at radius 2 is 2.25 bits per heavy atom. The SMILES string of the molecule is O=C(Cc1ccsc1)N(CC1CCCO1)c1nc2ccccc2s1. The summed E-state index contributed by atoms with van der Waals surface area (Å²) in [6.07, 6.45) is 2.60. The Morgan fingerprint density at radius 3 is 3.00 bits per heavy atom. The average Bonchev–Trinajstić information content (AvgIpc) is 3.33. The molecule has 2 aromatic heterocycles. The van der Waals surface area contributed by atoms with E-state index in [1.165, 1.54) is 0 Å². The van der Waals surface area contributed by atoms with E-state index >= 15 is 0 Å². The number of ether oxygens (including phenoxy) is 1. The van der Waals surface area contributed by atoms with Gasteiger partial charge in [0, 0.05) is 6.61 Å². The number of amides is 1. The maximum Gasteiger partial charge on any atom is 0.233 e. The monoisotopic (exact) mass is 358 g/mol. The maximum atomic E-state index is 12.9. The smallest absolute Gasteiger partial charge is 0.233 e. The molecule has 3 heterocycles. The minimum absolute atomic E-state index is 0.0861. The highest BCUT2D eigenvalue weighted by atomic mass is 32.1. The number of hydrogen-bond acceptors (Lipinski definition) is 5. The fraction of sp³-hybridized carbons (Fsp3) is 0.333. The van der Waals surface area contributed by atoms with Crippen molar-refractivity contribution in [2.75, 3.05) is 18.1 Å². The summed E-state index contributed by atoms with van der Waals surface area (Å²) < 4.78 is 6.85. The molecule has 1 aromatic carbocycles. The first-order valence-corrected chi connectivity index (χ1v) is 9.84. The highest BCUT2D eigenvalue weighted by Gasteiger charge is 2.26. The number of fused-ring (bicyclic) bond motifs is 1. The summed E-state index contributed by atoms with van der Waals surface area (Å²) in [5.74, 6) is 0.0861. The first kappa shape index (κ1) is 15.7. The lowest BCUT2D eigenvalue weighted by Gasteiger charge is -2.23. The van der Waals surface area contributed by atoms with Crippen molar-refractivity contribution in [2.45, 2.75) is 25.4 Å². The molecule has 1 aliphatic heterocycles. The van der Waals surface area contributed by atoms with E-state index < -0.39 is 0 Å². The zero-order valence-electron chi connectivity index (χ0n) is 13.2. The van der Waals surface area contributed by atoms with Crippen LogP contribution in [0.5, 0.6) is 0 Å². The lowest BCUT2D eigenvalue weighted by atomic mass is 10.2. The van der Waals surface area contributed by atoms with Crippen LogP contribution in [-0.2, 0) is 16.0 Å². The van der Waals surface area contributed by atoms with Gasteiger partial charge in [-0.25, -0.2) is 4.98 Å². The predicted molar refractivity (Wildman–Crippen MR) is 99.0 cm³/mol. The van der Waals surface area contributed by atoms with Gasteiger partial charge in [0.05, 0.1) is 29.3 Å². The molecule has 0 N–H and O–H groups in total. The summed E-state index contributed by atoms with van der Waals surface area (Å²) in [6.45, 7) is 1.37. The third-order valence-electron chi connectivity index (χ3n) is 4.16. The number of thiazole rings is 1. The standard InChI is InChI=1S/C18H18N2O2S2/c21-17(10-13-7-9-23-12-13)20(11-14-4-3-8-22-14)18-19-15-5-1-2-6-16(15)24-18/h1-2,5-7,9,12,14H,3-4,8,10-11H2. The highest BCUT2D eigenvalue weighted by molar-refractivity contribution is 7.22. The van der Waals surface area contributed by atoms with E-state index in [0.717, 1.165) is 40.4 Å². The Labute approximate surface area is 148 Å². The summed E-state index contributed by atoms with van der Waals surface area (Å²) in [6, 6.07) is 10.0. The minimum atomic E-state index is 0.0861. The molecule has 1 amide bonds. The molecule has 1 fully saturated rings. The van der Waals surface area contributed by atoms with Crippen LogP contribution in [-0.4, -0.2) is 30.1 Å². The molecular formula is C18H18N2O2S2. The van der Waals surface area contributed by atoms with E-state index in [2.05, 4.69) is 4.98 Å². The zero-order chi connectivity index (χ0) is 16.4. The second-order valence-corrected chi connectivity index (χ2v) is 7.70. The fourth-order valence-electron chi connectivity index (χ4n) is 2.92. The number of para-hydroxylation sites is 1. The summed E-state index contributed by atoms with van der Waals surface area (Å²) in [4.78, 5) is 19.4. The van der Waals surface area contributed by atoms with E-state index in [-0.39, 0.29) is 12.0 Å². The molecule has 4 nitrogen and oxygen atoms in total. The summed E-state index contributed by atoms with van der Waals surface area (Å²) in [5, 5.41) is 4.80. The summed E-state index contributed by atoms with van der Waals surface area (Å²) in [5.41, 5.74) is 2.00. The van der Waals surface area contributed by atoms with Gasteiger partial charge >= 0.3 is 0 Å². The number of carbonyl (C=O) groups is 1. The number of carbonyl (C=O) groups excluding carboxylic acids is 1. The van der Waals surface area contributed by atoms with Gasteiger partial charge in [0.25, 0.3) is 0 Å². The highest BCUT2D eigenvalue weighted by Crippen LogP contribution is 2.30. The third-order valence-corrected chi connectivity index (χ3v) is 5.95. The fourth-order valence-corrected chi connectivity index (χ4v) is 4.58.